The lowest BCUT2D eigenvalue weighted by Crippen LogP contribution is -2.04. The van der Waals surface area contributed by atoms with Crippen LogP contribution in [0.5, 0.6) is 11.5 Å². The van der Waals surface area contributed by atoms with Gasteiger partial charge in [0.25, 0.3) is 0 Å². The van der Waals surface area contributed by atoms with Crippen molar-refractivity contribution in [2.75, 3.05) is 0 Å². The largest absolute Gasteiger partial charge is 0.455 e. The highest BCUT2D eigenvalue weighted by Gasteiger charge is 2.31. The van der Waals surface area contributed by atoms with Crippen molar-refractivity contribution < 1.29 is 22.7 Å². The average Bonchev–Trinajstić information content (AvgIpc) is 2.40. The van der Waals surface area contributed by atoms with Crippen LogP contribution in [-0.4, -0.2) is 5.78 Å². The van der Waals surface area contributed by atoms with Crippen LogP contribution in [0, 0.1) is 0 Å². The SMILES string of the molecule is CC(=O)c1ccccc1Oc1ccc(C(F)(F)F)cc1Cl. The predicted octanol–water partition coefficient (Wildman–Crippen LogP) is 5.35. The van der Waals surface area contributed by atoms with Crippen molar-refractivity contribution in [2.45, 2.75) is 13.1 Å². The highest BCUT2D eigenvalue weighted by atomic mass is 35.5. The molecule has 110 valence electrons. The molecule has 0 saturated carbocycles. The minimum absolute atomic E-state index is 0.0540. The Hall–Kier alpha value is -2.01. The molecule has 0 fully saturated rings. The number of carbonyl (C=O) groups excluding carboxylic acids is 1. The molecule has 6 heteroatoms. The van der Waals surface area contributed by atoms with Crippen LogP contribution in [0.2, 0.25) is 5.02 Å². The number of para-hydroxylation sites is 1. The molecule has 0 atom stereocenters. The second-order valence-electron chi connectivity index (χ2n) is 4.30. The molecule has 0 aliphatic heterocycles. The first kappa shape index (κ1) is 15.4. The van der Waals surface area contributed by atoms with Crippen molar-refractivity contribution in [1.29, 1.82) is 0 Å². The third-order valence-corrected chi connectivity index (χ3v) is 3.04. The van der Waals surface area contributed by atoms with Crippen molar-refractivity contribution in [3.63, 3.8) is 0 Å². The summed E-state index contributed by atoms with van der Waals surface area (Å²) < 4.78 is 43.1. The second-order valence-corrected chi connectivity index (χ2v) is 4.70. The average molecular weight is 315 g/mol. The topological polar surface area (TPSA) is 26.3 Å². The van der Waals surface area contributed by atoms with Gasteiger partial charge in [0.15, 0.2) is 5.78 Å². The number of hydrogen-bond acceptors (Lipinski definition) is 2. The minimum atomic E-state index is -4.47. The number of benzene rings is 2. The van der Waals surface area contributed by atoms with Crippen LogP contribution >= 0.6 is 11.6 Å². The van der Waals surface area contributed by atoms with E-state index in [2.05, 4.69) is 0 Å². The summed E-state index contributed by atoms with van der Waals surface area (Å²) in [7, 11) is 0. The standard InChI is InChI=1S/C15H10ClF3O2/c1-9(20)11-4-2-3-5-13(11)21-14-7-6-10(8-12(14)16)15(17,18)19/h2-8H,1H3. The maximum atomic E-state index is 12.6. The van der Waals surface area contributed by atoms with Crippen LogP contribution in [0.1, 0.15) is 22.8 Å². The van der Waals surface area contributed by atoms with E-state index in [1.54, 1.807) is 24.3 Å². The van der Waals surface area contributed by atoms with Crippen LogP contribution < -0.4 is 4.74 Å². The number of rotatable bonds is 3. The van der Waals surface area contributed by atoms with Gasteiger partial charge in [-0.1, -0.05) is 23.7 Å². The van der Waals surface area contributed by atoms with Gasteiger partial charge in [-0.15, -0.1) is 0 Å². The molecule has 0 radical (unpaired) electrons. The fourth-order valence-corrected chi connectivity index (χ4v) is 1.94. The van der Waals surface area contributed by atoms with Crippen molar-refractivity contribution in [3.8, 4) is 11.5 Å². The van der Waals surface area contributed by atoms with E-state index in [9.17, 15) is 18.0 Å². The molecular formula is C15H10ClF3O2. The molecular weight excluding hydrogens is 305 g/mol. The first-order valence-corrected chi connectivity index (χ1v) is 6.31. The Kier molecular flexibility index (Phi) is 4.23. The van der Waals surface area contributed by atoms with Gasteiger partial charge in [-0.05, 0) is 37.3 Å². The van der Waals surface area contributed by atoms with Crippen LogP contribution in [-0.2, 0) is 6.18 Å². The molecule has 0 aromatic heterocycles. The van der Waals surface area contributed by atoms with Crippen molar-refractivity contribution in [1.82, 2.24) is 0 Å². The lowest BCUT2D eigenvalue weighted by Gasteiger charge is -2.12. The zero-order valence-corrected chi connectivity index (χ0v) is 11.6. The first-order valence-electron chi connectivity index (χ1n) is 5.93. The van der Waals surface area contributed by atoms with Crippen molar-refractivity contribution in [3.05, 3.63) is 58.6 Å². The molecule has 0 unspecified atom stereocenters. The summed E-state index contributed by atoms with van der Waals surface area (Å²) in [5, 5.41) is -0.178. The zero-order chi connectivity index (χ0) is 15.6. The molecule has 0 N–H and O–H groups in total. The number of hydrogen-bond donors (Lipinski definition) is 0. The van der Waals surface area contributed by atoms with E-state index in [0.29, 0.717) is 5.56 Å². The van der Waals surface area contributed by atoms with E-state index in [1.165, 1.54) is 6.92 Å². The molecule has 0 spiro atoms. The molecule has 0 amide bonds. The number of ether oxygens (including phenoxy) is 1. The summed E-state index contributed by atoms with van der Waals surface area (Å²) in [4.78, 5) is 11.5. The quantitative estimate of drug-likeness (QED) is 0.713. The first-order chi connectivity index (χ1) is 9.79. The molecule has 21 heavy (non-hydrogen) atoms. The summed E-state index contributed by atoms with van der Waals surface area (Å²) in [5.74, 6) is 0.0821. The smallest absolute Gasteiger partial charge is 0.416 e. The Morgan fingerprint density at radius 3 is 2.33 bits per heavy atom. The monoisotopic (exact) mass is 314 g/mol. The number of alkyl halides is 3. The van der Waals surface area contributed by atoms with Gasteiger partial charge in [0.1, 0.15) is 11.5 Å². The third-order valence-electron chi connectivity index (χ3n) is 2.75. The Labute approximate surface area is 124 Å². The minimum Gasteiger partial charge on any atom is -0.455 e. The summed E-state index contributed by atoms with van der Waals surface area (Å²) in [6, 6.07) is 9.21. The Balaban J connectivity index is 2.35. The van der Waals surface area contributed by atoms with Gasteiger partial charge in [-0.25, -0.2) is 0 Å². The van der Waals surface area contributed by atoms with E-state index < -0.39 is 11.7 Å². The molecule has 0 heterocycles. The third kappa shape index (κ3) is 3.55. The Bertz CT molecular complexity index is 681. The van der Waals surface area contributed by atoms with Gasteiger partial charge in [-0.3, -0.25) is 4.79 Å². The van der Waals surface area contributed by atoms with Crippen molar-refractivity contribution >= 4 is 17.4 Å². The number of carbonyl (C=O) groups is 1. The van der Waals surface area contributed by atoms with Gasteiger partial charge in [0.05, 0.1) is 16.1 Å². The molecule has 0 bridgehead atoms. The maximum Gasteiger partial charge on any atom is 0.416 e. The molecule has 2 aromatic carbocycles. The summed E-state index contributed by atoms with van der Waals surface area (Å²) >= 11 is 5.81. The molecule has 0 saturated heterocycles. The van der Waals surface area contributed by atoms with Crippen LogP contribution in [0.25, 0.3) is 0 Å². The van der Waals surface area contributed by atoms with Gasteiger partial charge >= 0.3 is 6.18 Å². The van der Waals surface area contributed by atoms with E-state index in [0.717, 1.165) is 18.2 Å². The molecule has 2 nitrogen and oxygen atoms in total. The normalized spacial score (nSPS) is 11.3. The summed E-state index contributed by atoms with van der Waals surface area (Å²) in [5.41, 5.74) is -0.534. The lowest BCUT2D eigenvalue weighted by atomic mass is 10.1. The van der Waals surface area contributed by atoms with E-state index >= 15 is 0 Å². The van der Waals surface area contributed by atoms with E-state index in [-0.39, 0.29) is 22.3 Å². The van der Waals surface area contributed by atoms with Crippen LogP contribution in [0.15, 0.2) is 42.5 Å². The van der Waals surface area contributed by atoms with Gasteiger partial charge in [0, 0.05) is 0 Å². The number of Topliss-reactive ketones (excluding diaryl/α,β-unsaturated/α-hetero) is 1. The zero-order valence-electron chi connectivity index (χ0n) is 10.9. The second kappa shape index (κ2) is 5.77. The number of halogens is 4. The fraction of sp³-hybridized carbons (Fsp3) is 0.133. The van der Waals surface area contributed by atoms with Gasteiger partial charge in [-0.2, -0.15) is 13.2 Å². The maximum absolute atomic E-state index is 12.6. The molecule has 2 rings (SSSR count). The van der Waals surface area contributed by atoms with Gasteiger partial charge < -0.3 is 4.74 Å². The fourth-order valence-electron chi connectivity index (χ4n) is 1.72. The highest BCUT2D eigenvalue weighted by Crippen LogP contribution is 2.37. The Morgan fingerprint density at radius 2 is 1.76 bits per heavy atom. The Morgan fingerprint density at radius 1 is 1.10 bits per heavy atom. The van der Waals surface area contributed by atoms with E-state index in [1.807, 2.05) is 0 Å². The summed E-state index contributed by atoms with van der Waals surface area (Å²) in [6.45, 7) is 1.37. The lowest BCUT2D eigenvalue weighted by molar-refractivity contribution is -0.137. The summed E-state index contributed by atoms with van der Waals surface area (Å²) in [6.07, 6.45) is -4.47. The number of ketones is 1. The predicted molar refractivity (Wildman–Crippen MR) is 73.0 cm³/mol. The van der Waals surface area contributed by atoms with Crippen molar-refractivity contribution in [2.24, 2.45) is 0 Å². The van der Waals surface area contributed by atoms with Gasteiger partial charge in [0.2, 0.25) is 0 Å². The van der Waals surface area contributed by atoms with E-state index in [4.69, 9.17) is 16.3 Å². The molecule has 2 aromatic rings. The van der Waals surface area contributed by atoms with Crippen LogP contribution in [0.3, 0.4) is 0 Å². The molecule has 0 aliphatic carbocycles. The molecule has 0 aliphatic rings. The van der Waals surface area contributed by atoms with Crippen LogP contribution in [0.4, 0.5) is 13.2 Å². The highest BCUT2D eigenvalue weighted by molar-refractivity contribution is 6.32.